The Hall–Kier alpha value is -6.09. The summed E-state index contributed by atoms with van der Waals surface area (Å²) in [6, 6.07) is 65.0. The summed E-state index contributed by atoms with van der Waals surface area (Å²) in [5.74, 6) is 0. The Balaban J connectivity index is 0.000000245. The fourth-order valence-electron chi connectivity index (χ4n) is 6.86. The van der Waals surface area contributed by atoms with E-state index >= 15 is 0 Å². The molecule has 0 aliphatic heterocycles. The van der Waals surface area contributed by atoms with E-state index in [1.54, 1.807) is 6.20 Å². The van der Waals surface area contributed by atoms with Crippen LogP contribution in [0.4, 0.5) is 0 Å². The van der Waals surface area contributed by atoms with Crippen LogP contribution in [-0.2, 0) is 21.1 Å². The number of nitrogens with zero attached hydrogens (tertiary/aromatic N) is 4. The van der Waals surface area contributed by atoms with Crippen LogP contribution in [0.15, 0.2) is 182 Å². The van der Waals surface area contributed by atoms with Crippen molar-refractivity contribution in [2.45, 2.75) is 0 Å². The third-order valence-corrected chi connectivity index (χ3v) is 9.11. The van der Waals surface area contributed by atoms with Crippen molar-refractivity contribution in [2.24, 2.45) is 0 Å². The van der Waals surface area contributed by atoms with E-state index in [9.17, 15) is 0 Å². The van der Waals surface area contributed by atoms with Crippen molar-refractivity contribution >= 4 is 43.6 Å². The number of hydrogen-bond donors (Lipinski definition) is 0. The van der Waals surface area contributed by atoms with Gasteiger partial charge in [-0.05, 0) is 59.9 Å². The summed E-state index contributed by atoms with van der Waals surface area (Å²) in [7, 11) is 0. The molecule has 0 saturated heterocycles. The van der Waals surface area contributed by atoms with E-state index in [4.69, 9.17) is 4.98 Å². The van der Waals surface area contributed by atoms with E-state index < -0.39 is 0 Å². The molecule has 4 nitrogen and oxygen atoms in total. The zero-order chi connectivity index (χ0) is 33.3. The van der Waals surface area contributed by atoms with Gasteiger partial charge in [-0.25, -0.2) is 0 Å². The van der Waals surface area contributed by atoms with E-state index in [0.717, 1.165) is 44.9 Å². The fourth-order valence-corrected chi connectivity index (χ4v) is 6.86. The van der Waals surface area contributed by atoms with E-state index in [2.05, 4.69) is 135 Å². The summed E-state index contributed by atoms with van der Waals surface area (Å²) in [4.78, 5) is 9.09. The van der Waals surface area contributed by atoms with E-state index in [0.29, 0.717) is 0 Å². The molecule has 51 heavy (non-hydrogen) atoms. The van der Waals surface area contributed by atoms with Crippen molar-refractivity contribution in [1.82, 2.24) is 19.1 Å². The quantitative estimate of drug-likeness (QED) is 0.166. The zero-order valence-corrected chi connectivity index (χ0v) is 29.7. The van der Waals surface area contributed by atoms with Crippen molar-refractivity contribution in [1.29, 1.82) is 0 Å². The first-order valence-electron chi connectivity index (χ1n) is 16.7. The van der Waals surface area contributed by atoms with Gasteiger partial charge in [0.1, 0.15) is 0 Å². The number of pyridine rings is 2. The maximum absolute atomic E-state index is 4.87. The van der Waals surface area contributed by atoms with E-state index in [1.165, 1.54) is 32.6 Å². The van der Waals surface area contributed by atoms with E-state index in [1.807, 2.05) is 66.9 Å². The normalized spacial score (nSPS) is 11.0. The maximum Gasteiger partial charge on any atom is 2.00 e. The van der Waals surface area contributed by atoms with Gasteiger partial charge in [0.2, 0.25) is 0 Å². The van der Waals surface area contributed by atoms with Crippen LogP contribution in [0.3, 0.4) is 0 Å². The topological polar surface area (TPSA) is 35.6 Å². The number of benzene rings is 6. The van der Waals surface area contributed by atoms with Gasteiger partial charge in [-0.1, -0.05) is 72.8 Å². The van der Waals surface area contributed by atoms with Crippen molar-refractivity contribution in [3.8, 4) is 33.9 Å². The first-order chi connectivity index (χ1) is 24.8. The monoisotopic (exact) mass is 833 g/mol. The minimum atomic E-state index is 0. The molecule has 0 aliphatic rings. The number of fused-ring (bicyclic) bond motifs is 6. The third-order valence-electron chi connectivity index (χ3n) is 9.11. The Bertz CT molecular complexity index is 2690. The number of aromatic nitrogens is 4. The number of rotatable bonds is 4. The molecular weight excluding hydrogens is 804 g/mol. The van der Waals surface area contributed by atoms with Gasteiger partial charge >= 0.3 is 21.1 Å². The predicted octanol–water partition coefficient (Wildman–Crippen LogP) is 11.3. The molecule has 0 atom stereocenters. The summed E-state index contributed by atoms with van der Waals surface area (Å²) in [5.41, 5.74) is 10.9. The second kappa shape index (κ2) is 14.0. The van der Waals surface area contributed by atoms with Crippen LogP contribution < -0.4 is 0 Å². The van der Waals surface area contributed by atoms with Gasteiger partial charge in [0.25, 0.3) is 0 Å². The summed E-state index contributed by atoms with van der Waals surface area (Å²) >= 11 is 0. The van der Waals surface area contributed by atoms with Crippen LogP contribution in [-0.4, -0.2) is 19.1 Å². The molecule has 0 bridgehead atoms. The second-order valence-corrected chi connectivity index (χ2v) is 12.1. The number of hydrogen-bond acceptors (Lipinski definition) is 2. The average Bonchev–Trinajstić information content (AvgIpc) is 3.70. The molecule has 0 spiro atoms. The van der Waals surface area contributed by atoms with Crippen molar-refractivity contribution < 1.29 is 21.1 Å². The molecule has 0 amide bonds. The molecule has 5 heteroatoms. The SMILES string of the molecule is [Pt+2].[c-]1ccccc1-c1cc2c3cc4c5ccccc5n(-c5ccccc5)c4cc3n(-c3ccccc3)c2cn1.[c-]1ccccc1-c1ccccn1. The third kappa shape index (κ3) is 5.94. The molecule has 10 aromatic rings. The molecule has 4 heterocycles. The zero-order valence-electron chi connectivity index (χ0n) is 27.4. The number of para-hydroxylation sites is 3. The first-order valence-corrected chi connectivity index (χ1v) is 16.7. The van der Waals surface area contributed by atoms with Crippen LogP contribution in [0.2, 0.25) is 0 Å². The average molecular weight is 834 g/mol. The minimum absolute atomic E-state index is 0. The van der Waals surface area contributed by atoms with Crippen LogP contribution in [0.5, 0.6) is 0 Å². The predicted molar refractivity (Wildman–Crippen MR) is 206 cm³/mol. The van der Waals surface area contributed by atoms with E-state index in [-0.39, 0.29) is 21.1 Å². The molecule has 10 rings (SSSR count). The smallest absolute Gasteiger partial charge is 0.309 e. The van der Waals surface area contributed by atoms with Crippen molar-refractivity contribution in [2.75, 3.05) is 0 Å². The Labute approximate surface area is 310 Å². The van der Waals surface area contributed by atoms with Gasteiger partial charge in [0.05, 0.1) is 22.1 Å². The summed E-state index contributed by atoms with van der Waals surface area (Å²) in [6.07, 6.45) is 3.79. The van der Waals surface area contributed by atoms with Gasteiger partial charge in [-0.15, -0.1) is 71.8 Å². The van der Waals surface area contributed by atoms with Gasteiger partial charge in [-0.3, -0.25) is 0 Å². The standard InChI is InChI=1S/C35H22N3.C11H8N.Pt/c1-4-12-24(13-5-1)31-21-30-29-20-28-27-18-10-11-19-32(27)37(25-14-6-2-7-15-25)33(28)22-34(29)38(35(30)23-36-31)26-16-8-3-9-17-26;1-2-6-10(7-3-1)11-8-4-5-9-12-11;/h1-12,14-23H;1-6,8-9H;/q2*-1;+2. The van der Waals surface area contributed by atoms with Crippen molar-refractivity contribution in [3.05, 3.63) is 194 Å². The van der Waals surface area contributed by atoms with Crippen LogP contribution in [0.25, 0.3) is 77.5 Å². The Morgan fingerprint density at radius 1 is 0.392 bits per heavy atom. The molecule has 4 aromatic heterocycles. The summed E-state index contributed by atoms with van der Waals surface area (Å²) in [5, 5.41) is 4.89. The molecule has 0 N–H and O–H groups in total. The first kappa shape index (κ1) is 32.1. The molecule has 0 aliphatic carbocycles. The van der Waals surface area contributed by atoms with Gasteiger partial charge in [-0.2, -0.15) is 0 Å². The molecular formula is C46H30N4Pt. The van der Waals surface area contributed by atoms with Gasteiger partial charge < -0.3 is 19.1 Å². The van der Waals surface area contributed by atoms with Crippen molar-refractivity contribution in [3.63, 3.8) is 0 Å². The van der Waals surface area contributed by atoms with Gasteiger partial charge in [0.15, 0.2) is 0 Å². The molecule has 6 aromatic carbocycles. The molecule has 0 fully saturated rings. The molecule has 0 unspecified atom stereocenters. The Kier molecular flexibility index (Phi) is 8.84. The van der Waals surface area contributed by atoms with Gasteiger partial charge in [0, 0.05) is 45.3 Å². The maximum atomic E-state index is 4.87. The fraction of sp³-hybridized carbons (Fsp3) is 0. The molecule has 0 saturated carbocycles. The minimum Gasteiger partial charge on any atom is -0.309 e. The Morgan fingerprint density at radius 2 is 0.941 bits per heavy atom. The van der Waals surface area contributed by atoms with Crippen LogP contribution in [0.1, 0.15) is 0 Å². The van der Waals surface area contributed by atoms with Crippen LogP contribution >= 0.6 is 0 Å². The molecule has 244 valence electrons. The largest absolute Gasteiger partial charge is 2.00 e. The van der Waals surface area contributed by atoms with Crippen LogP contribution in [0, 0.1) is 12.1 Å². The second-order valence-electron chi connectivity index (χ2n) is 12.1. The Morgan fingerprint density at radius 3 is 1.57 bits per heavy atom. The molecule has 0 radical (unpaired) electrons. The summed E-state index contributed by atoms with van der Waals surface area (Å²) < 4.78 is 4.71. The summed E-state index contributed by atoms with van der Waals surface area (Å²) in [6.45, 7) is 0.